The predicted octanol–water partition coefficient (Wildman–Crippen LogP) is 3.67. The van der Waals surface area contributed by atoms with Crippen LogP contribution in [0.2, 0.25) is 0 Å². The maximum absolute atomic E-state index is 13.2. The van der Waals surface area contributed by atoms with Crippen LogP contribution in [-0.2, 0) is 0 Å². The van der Waals surface area contributed by atoms with Gasteiger partial charge in [0, 0.05) is 24.5 Å². The number of amides is 1. The molecule has 1 aliphatic rings. The molecule has 0 N–H and O–H groups in total. The van der Waals surface area contributed by atoms with Crippen LogP contribution in [-0.4, -0.2) is 36.9 Å². The zero-order valence-corrected chi connectivity index (χ0v) is 15.4. The van der Waals surface area contributed by atoms with Crippen LogP contribution >= 0.6 is 0 Å². The number of carbonyl (C=O) groups is 1. The van der Waals surface area contributed by atoms with Crippen LogP contribution in [0, 0.1) is 6.92 Å². The first-order valence-electron chi connectivity index (χ1n) is 9.34. The van der Waals surface area contributed by atoms with Crippen molar-refractivity contribution < 1.29 is 9.32 Å². The van der Waals surface area contributed by atoms with Crippen molar-refractivity contribution in [3.05, 3.63) is 72.1 Å². The fraction of sp³-hybridized carbons (Fsp3) is 0.238. The van der Waals surface area contributed by atoms with Crippen molar-refractivity contribution in [1.82, 2.24) is 24.4 Å². The lowest BCUT2D eigenvalue weighted by atomic mass is 10.2. The number of imidazole rings is 1. The third-order valence-electron chi connectivity index (χ3n) is 5.11. The summed E-state index contributed by atoms with van der Waals surface area (Å²) in [6, 6.07) is 13.5. The molecule has 140 valence electrons. The third kappa shape index (κ3) is 2.85. The van der Waals surface area contributed by atoms with Gasteiger partial charge in [-0.15, -0.1) is 0 Å². The summed E-state index contributed by atoms with van der Waals surface area (Å²) >= 11 is 0. The largest absolute Gasteiger partial charge is 0.337 e. The number of fused-ring (bicyclic) bond motifs is 1. The highest BCUT2D eigenvalue weighted by atomic mass is 16.5. The third-order valence-corrected chi connectivity index (χ3v) is 5.11. The summed E-state index contributed by atoms with van der Waals surface area (Å²) in [4.78, 5) is 24.0. The highest BCUT2D eigenvalue weighted by Gasteiger charge is 2.34. The second-order valence-electron chi connectivity index (χ2n) is 7.01. The van der Waals surface area contributed by atoms with Crippen LogP contribution in [0.15, 0.2) is 59.4 Å². The smallest absolute Gasteiger partial charge is 0.256 e. The molecule has 1 aliphatic heterocycles. The van der Waals surface area contributed by atoms with Gasteiger partial charge >= 0.3 is 0 Å². The number of nitrogens with zero attached hydrogens (tertiary/aromatic N) is 5. The van der Waals surface area contributed by atoms with E-state index >= 15 is 0 Å². The second kappa shape index (κ2) is 6.60. The van der Waals surface area contributed by atoms with Crippen LogP contribution in [0.3, 0.4) is 0 Å². The summed E-state index contributed by atoms with van der Waals surface area (Å²) < 4.78 is 7.22. The van der Waals surface area contributed by atoms with Gasteiger partial charge in [0.25, 0.3) is 5.91 Å². The molecule has 1 unspecified atom stereocenters. The average molecular weight is 373 g/mol. The topological polar surface area (TPSA) is 76.5 Å². The molecule has 4 heterocycles. The molecule has 1 atom stereocenters. The van der Waals surface area contributed by atoms with Gasteiger partial charge in [-0.2, -0.15) is 4.98 Å². The zero-order valence-electron chi connectivity index (χ0n) is 15.4. The summed E-state index contributed by atoms with van der Waals surface area (Å²) in [5.74, 6) is 1.07. The molecular formula is C21H19N5O2. The predicted molar refractivity (Wildman–Crippen MR) is 103 cm³/mol. The van der Waals surface area contributed by atoms with E-state index < -0.39 is 0 Å². The van der Waals surface area contributed by atoms with Gasteiger partial charge in [-0.1, -0.05) is 35.5 Å². The second-order valence-corrected chi connectivity index (χ2v) is 7.01. The fourth-order valence-corrected chi connectivity index (χ4v) is 3.75. The van der Waals surface area contributed by atoms with Crippen LogP contribution < -0.4 is 0 Å². The first-order chi connectivity index (χ1) is 13.7. The number of aryl methyl sites for hydroxylation is 1. The molecule has 0 radical (unpaired) electrons. The molecule has 3 aromatic heterocycles. The van der Waals surface area contributed by atoms with Crippen LogP contribution in [0.4, 0.5) is 0 Å². The summed E-state index contributed by atoms with van der Waals surface area (Å²) in [6.07, 6.45) is 5.54. The number of rotatable bonds is 3. The molecule has 0 spiro atoms. The van der Waals surface area contributed by atoms with E-state index in [1.165, 1.54) is 0 Å². The Hall–Kier alpha value is -3.48. The number of hydrogen-bond donors (Lipinski definition) is 0. The molecular weight excluding hydrogens is 354 g/mol. The molecule has 4 aromatic rings. The van der Waals surface area contributed by atoms with Gasteiger partial charge in [0.1, 0.15) is 11.7 Å². The van der Waals surface area contributed by atoms with Crippen molar-refractivity contribution in [1.29, 1.82) is 0 Å². The Labute approximate surface area is 161 Å². The van der Waals surface area contributed by atoms with Gasteiger partial charge in [-0.05, 0) is 31.9 Å². The molecule has 1 saturated heterocycles. The normalized spacial score (nSPS) is 16.8. The van der Waals surface area contributed by atoms with Crippen LogP contribution in [0.1, 0.15) is 41.0 Å². The lowest BCUT2D eigenvalue weighted by Gasteiger charge is -2.21. The standard InChI is InChI=1S/C21H19N5O2/c1-14-22-20(28-24-14)18-8-5-11-26(18)21(27)16-9-10-19-23-17(13-25(19)12-16)15-6-3-2-4-7-15/h2-4,6-7,9-10,12-13,18H,5,8,11H2,1H3. The molecule has 7 nitrogen and oxygen atoms in total. The maximum atomic E-state index is 13.2. The molecule has 7 heteroatoms. The number of benzene rings is 1. The van der Waals surface area contributed by atoms with E-state index in [4.69, 9.17) is 4.52 Å². The lowest BCUT2D eigenvalue weighted by Crippen LogP contribution is -2.30. The van der Waals surface area contributed by atoms with Gasteiger partial charge in [-0.3, -0.25) is 4.79 Å². The Morgan fingerprint density at radius 3 is 2.75 bits per heavy atom. The minimum atomic E-state index is -0.160. The number of pyridine rings is 1. The molecule has 1 aromatic carbocycles. The van der Waals surface area contributed by atoms with E-state index in [0.717, 1.165) is 29.7 Å². The summed E-state index contributed by atoms with van der Waals surface area (Å²) in [7, 11) is 0. The Morgan fingerprint density at radius 2 is 1.96 bits per heavy atom. The quantitative estimate of drug-likeness (QED) is 0.548. The molecule has 1 amide bonds. The Balaban J connectivity index is 1.46. The SMILES string of the molecule is Cc1noc(C2CCCN2C(=O)c2ccc3nc(-c4ccccc4)cn3c2)n1. The number of likely N-dealkylation sites (tertiary alicyclic amines) is 1. The van der Waals surface area contributed by atoms with E-state index in [0.29, 0.717) is 23.8 Å². The van der Waals surface area contributed by atoms with Gasteiger partial charge in [0.2, 0.25) is 5.89 Å². The summed E-state index contributed by atoms with van der Waals surface area (Å²) in [5.41, 5.74) is 3.35. The van der Waals surface area contributed by atoms with E-state index in [1.54, 1.807) is 6.92 Å². The molecule has 0 aliphatic carbocycles. The lowest BCUT2D eigenvalue weighted by molar-refractivity contribution is 0.0709. The average Bonchev–Trinajstić information content (AvgIpc) is 3.46. The first-order valence-corrected chi connectivity index (χ1v) is 9.34. The van der Waals surface area contributed by atoms with Crippen molar-refractivity contribution in [2.24, 2.45) is 0 Å². The minimum absolute atomic E-state index is 0.0322. The van der Waals surface area contributed by atoms with Gasteiger partial charge in [0.05, 0.1) is 11.3 Å². The molecule has 1 fully saturated rings. The first kappa shape index (κ1) is 16.7. The molecule has 28 heavy (non-hydrogen) atoms. The molecule has 0 saturated carbocycles. The van der Waals surface area contributed by atoms with Crippen molar-refractivity contribution in [3.63, 3.8) is 0 Å². The molecule has 5 rings (SSSR count). The Bertz CT molecular complexity index is 1150. The fourth-order valence-electron chi connectivity index (χ4n) is 3.75. The highest BCUT2D eigenvalue weighted by molar-refractivity contribution is 5.94. The summed E-state index contributed by atoms with van der Waals surface area (Å²) in [6.45, 7) is 2.47. The van der Waals surface area contributed by atoms with E-state index in [-0.39, 0.29) is 11.9 Å². The van der Waals surface area contributed by atoms with Crippen molar-refractivity contribution >= 4 is 11.6 Å². The monoisotopic (exact) mass is 373 g/mol. The van der Waals surface area contributed by atoms with Crippen molar-refractivity contribution in [3.8, 4) is 11.3 Å². The Kier molecular flexibility index (Phi) is 3.93. The minimum Gasteiger partial charge on any atom is -0.337 e. The van der Waals surface area contributed by atoms with E-state index in [2.05, 4.69) is 15.1 Å². The van der Waals surface area contributed by atoms with Gasteiger partial charge in [-0.25, -0.2) is 4.98 Å². The van der Waals surface area contributed by atoms with Crippen molar-refractivity contribution in [2.45, 2.75) is 25.8 Å². The van der Waals surface area contributed by atoms with Crippen LogP contribution in [0.25, 0.3) is 16.9 Å². The molecule has 0 bridgehead atoms. The van der Waals surface area contributed by atoms with Gasteiger partial charge in [0.15, 0.2) is 5.82 Å². The maximum Gasteiger partial charge on any atom is 0.256 e. The van der Waals surface area contributed by atoms with Crippen LogP contribution in [0.5, 0.6) is 0 Å². The number of aromatic nitrogens is 4. The van der Waals surface area contributed by atoms with Gasteiger partial charge < -0.3 is 13.8 Å². The highest BCUT2D eigenvalue weighted by Crippen LogP contribution is 2.32. The Morgan fingerprint density at radius 1 is 1.11 bits per heavy atom. The summed E-state index contributed by atoms with van der Waals surface area (Å²) in [5, 5.41) is 3.86. The van der Waals surface area contributed by atoms with E-state index in [9.17, 15) is 4.79 Å². The van der Waals surface area contributed by atoms with Crippen molar-refractivity contribution in [2.75, 3.05) is 6.54 Å². The van der Waals surface area contributed by atoms with E-state index in [1.807, 2.05) is 64.2 Å². The zero-order chi connectivity index (χ0) is 19.1. The number of carbonyl (C=O) groups excluding carboxylic acids is 1. The number of hydrogen-bond acceptors (Lipinski definition) is 5.